The molecule has 4 nitrogen and oxygen atoms in total. The zero-order valence-corrected chi connectivity index (χ0v) is 11.5. The van der Waals surface area contributed by atoms with Gasteiger partial charge in [0.2, 0.25) is 0 Å². The highest BCUT2D eigenvalue weighted by Gasteiger charge is 2.13. The lowest BCUT2D eigenvalue weighted by atomic mass is 10.1. The molecule has 1 aromatic carbocycles. The number of hydrogen-bond donors (Lipinski definition) is 2. The fourth-order valence-corrected chi connectivity index (χ4v) is 1.98. The molecule has 0 saturated heterocycles. The number of rotatable bonds is 3. The smallest absolute Gasteiger partial charge is 0.251 e. The molecule has 0 saturated carbocycles. The highest BCUT2D eigenvalue weighted by atomic mass is 35.5. The molecule has 0 aliphatic heterocycles. The lowest BCUT2D eigenvalue weighted by Crippen LogP contribution is -2.26. The summed E-state index contributed by atoms with van der Waals surface area (Å²) in [5, 5.41) is 2.94. The number of carbonyl (C=O) groups is 1. The molecule has 1 unspecified atom stereocenters. The van der Waals surface area contributed by atoms with Crippen molar-refractivity contribution in [1.82, 2.24) is 10.3 Å². The van der Waals surface area contributed by atoms with Crippen LogP contribution in [0.4, 0.5) is 10.2 Å². The maximum absolute atomic E-state index is 12.8. The van der Waals surface area contributed by atoms with Gasteiger partial charge in [0.05, 0.1) is 6.04 Å². The van der Waals surface area contributed by atoms with Crippen LogP contribution in [0.25, 0.3) is 0 Å². The lowest BCUT2D eigenvalue weighted by Gasteiger charge is -2.14. The quantitative estimate of drug-likeness (QED) is 0.855. The van der Waals surface area contributed by atoms with E-state index in [1.54, 1.807) is 19.1 Å². The average molecular weight is 294 g/mol. The van der Waals surface area contributed by atoms with E-state index >= 15 is 0 Å². The van der Waals surface area contributed by atoms with Crippen molar-refractivity contribution in [3.05, 3.63) is 58.5 Å². The van der Waals surface area contributed by atoms with Crippen LogP contribution in [0.1, 0.15) is 28.9 Å². The molecule has 104 valence electrons. The fraction of sp³-hybridized carbons (Fsp3) is 0.143. The number of nitrogens with two attached hydrogens (primary N) is 1. The minimum Gasteiger partial charge on any atom is -0.384 e. The number of nitrogen functional groups attached to an aromatic ring is 1. The molecule has 1 aromatic heterocycles. The third-order valence-electron chi connectivity index (χ3n) is 2.79. The first-order chi connectivity index (χ1) is 9.45. The molecule has 2 aromatic rings. The molecule has 1 atom stereocenters. The molecule has 0 aliphatic carbocycles. The van der Waals surface area contributed by atoms with Crippen LogP contribution in [0.15, 0.2) is 36.4 Å². The molecule has 0 fully saturated rings. The summed E-state index contributed by atoms with van der Waals surface area (Å²) >= 11 is 5.75. The van der Waals surface area contributed by atoms with Gasteiger partial charge in [0, 0.05) is 5.56 Å². The summed E-state index contributed by atoms with van der Waals surface area (Å²) in [4.78, 5) is 15.9. The van der Waals surface area contributed by atoms with Crippen LogP contribution < -0.4 is 11.1 Å². The first kappa shape index (κ1) is 14.3. The zero-order chi connectivity index (χ0) is 14.7. The van der Waals surface area contributed by atoms with Crippen LogP contribution in [0, 0.1) is 5.82 Å². The van der Waals surface area contributed by atoms with Crippen LogP contribution in [0.3, 0.4) is 0 Å². The first-order valence-electron chi connectivity index (χ1n) is 5.95. The van der Waals surface area contributed by atoms with E-state index in [0.29, 0.717) is 5.56 Å². The number of benzene rings is 1. The van der Waals surface area contributed by atoms with Gasteiger partial charge in [0.1, 0.15) is 16.8 Å². The summed E-state index contributed by atoms with van der Waals surface area (Å²) in [5.74, 6) is -0.462. The van der Waals surface area contributed by atoms with Crippen molar-refractivity contribution >= 4 is 23.3 Å². The van der Waals surface area contributed by atoms with Crippen molar-refractivity contribution in [1.29, 1.82) is 0 Å². The highest BCUT2D eigenvalue weighted by molar-refractivity contribution is 6.29. The number of nitrogens with zero attached hydrogens (tertiary/aromatic N) is 1. The van der Waals surface area contributed by atoms with Gasteiger partial charge < -0.3 is 11.1 Å². The van der Waals surface area contributed by atoms with E-state index in [9.17, 15) is 9.18 Å². The Balaban J connectivity index is 2.12. The van der Waals surface area contributed by atoms with Gasteiger partial charge in [-0.2, -0.15) is 0 Å². The molecule has 6 heteroatoms. The van der Waals surface area contributed by atoms with Gasteiger partial charge >= 0.3 is 0 Å². The maximum atomic E-state index is 12.8. The Morgan fingerprint density at radius 3 is 2.60 bits per heavy atom. The first-order valence-corrected chi connectivity index (χ1v) is 6.33. The summed E-state index contributed by atoms with van der Waals surface area (Å²) in [5.41, 5.74) is 6.67. The summed E-state index contributed by atoms with van der Waals surface area (Å²) in [7, 11) is 0. The standard InChI is InChI=1S/C14H13ClFN3O/c1-8(9-2-4-11(16)5-3-9)18-14(20)10-6-12(15)19-13(17)7-10/h2-8H,1H3,(H2,17,19)(H,18,20). The van der Waals surface area contributed by atoms with E-state index < -0.39 is 0 Å². The molecule has 1 amide bonds. The number of halogens is 2. The molecule has 2 rings (SSSR count). The van der Waals surface area contributed by atoms with Crippen molar-refractivity contribution in [2.24, 2.45) is 0 Å². The lowest BCUT2D eigenvalue weighted by molar-refractivity contribution is 0.0940. The van der Waals surface area contributed by atoms with Gasteiger partial charge in [-0.25, -0.2) is 9.37 Å². The molecule has 1 heterocycles. The van der Waals surface area contributed by atoms with E-state index in [1.165, 1.54) is 24.3 Å². The predicted molar refractivity (Wildman–Crippen MR) is 75.9 cm³/mol. The van der Waals surface area contributed by atoms with Gasteiger partial charge in [-0.3, -0.25) is 4.79 Å². The molecule has 20 heavy (non-hydrogen) atoms. The number of anilines is 1. The second-order valence-electron chi connectivity index (χ2n) is 4.35. The number of carbonyl (C=O) groups excluding carboxylic acids is 1. The van der Waals surface area contributed by atoms with E-state index in [-0.39, 0.29) is 28.7 Å². The largest absolute Gasteiger partial charge is 0.384 e. The summed E-state index contributed by atoms with van der Waals surface area (Å²) in [6.07, 6.45) is 0. The van der Waals surface area contributed by atoms with Crippen molar-refractivity contribution < 1.29 is 9.18 Å². The number of hydrogen-bond acceptors (Lipinski definition) is 3. The second kappa shape index (κ2) is 5.88. The van der Waals surface area contributed by atoms with Crippen LogP contribution in [-0.4, -0.2) is 10.9 Å². The molecular weight excluding hydrogens is 281 g/mol. The number of amides is 1. The minimum absolute atomic E-state index is 0.157. The zero-order valence-electron chi connectivity index (χ0n) is 10.7. The van der Waals surface area contributed by atoms with Crippen molar-refractivity contribution in [3.63, 3.8) is 0 Å². The highest BCUT2D eigenvalue weighted by Crippen LogP contribution is 2.16. The van der Waals surface area contributed by atoms with Crippen LogP contribution >= 0.6 is 11.6 Å². The summed E-state index contributed by atoms with van der Waals surface area (Å²) < 4.78 is 12.8. The second-order valence-corrected chi connectivity index (χ2v) is 4.74. The Bertz CT molecular complexity index is 611. The van der Waals surface area contributed by atoms with Gasteiger partial charge in [0.25, 0.3) is 5.91 Å². The monoisotopic (exact) mass is 293 g/mol. The van der Waals surface area contributed by atoms with Crippen molar-refractivity contribution in [2.45, 2.75) is 13.0 Å². The van der Waals surface area contributed by atoms with Gasteiger partial charge in [-0.05, 0) is 36.8 Å². The third kappa shape index (κ3) is 3.45. The third-order valence-corrected chi connectivity index (χ3v) is 2.99. The van der Waals surface area contributed by atoms with Gasteiger partial charge in [-0.1, -0.05) is 23.7 Å². The van der Waals surface area contributed by atoms with Crippen LogP contribution in [0.5, 0.6) is 0 Å². The van der Waals surface area contributed by atoms with E-state index in [2.05, 4.69) is 10.3 Å². The molecular formula is C14H13ClFN3O. The Kier molecular flexibility index (Phi) is 4.20. The van der Waals surface area contributed by atoms with E-state index in [4.69, 9.17) is 17.3 Å². The summed E-state index contributed by atoms with van der Waals surface area (Å²) in [6, 6.07) is 8.54. The normalized spacial score (nSPS) is 11.9. The van der Waals surface area contributed by atoms with E-state index in [1.807, 2.05) is 0 Å². The van der Waals surface area contributed by atoms with Crippen molar-refractivity contribution in [2.75, 3.05) is 5.73 Å². The Morgan fingerprint density at radius 2 is 2.00 bits per heavy atom. The van der Waals surface area contributed by atoms with Crippen LogP contribution in [-0.2, 0) is 0 Å². The maximum Gasteiger partial charge on any atom is 0.251 e. The number of aromatic nitrogens is 1. The fourth-order valence-electron chi connectivity index (χ4n) is 1.76. The van der Waals surface area contributed by atoms with Gasteiger partial charge in [-0.15, -0.1) is 0 Å². The molecule has 0 aliphatic rings. The Hall–Kier alpha value is -2.14. The molecule has 0 bridgehead atoms. The number of pyridine rings is 1. The van der Waals surface area contributed by atoms with Crippen LogP contribution in [0.2, 0.25) is 5.15 Å². The summed E-state index contributed by atoms with van der Waals surface area (Å²) in [6.45, 7) is 1.80. The SMILES string of the molecule is CC(NC(=O)c1cc(N)nc(Cl)c1)c1ccc(F)cc1. The van der Waals surface area contributed by atoms with Crippen molar-refractivity contribution in [3.8, 4) is 0 Å². The molecule has 0 radical (unpaired) electrons. The molecule has 3 N–H and O–H groups in total. The topological polar surface area (TPSA) is 68.0 Å². The Labute approximate surface area is 120 Å². The predicted octanol–water partition coefficient (Wildman–Crippen LogP) is 2.95. The van der Waals surface area contributed by atoms with E-state index in [0.717, 1.165) is 5.56 Å². The number of nitrogens with one attached hydrogen (secondary N) is 1. The Morgan fingerprint density at radius 1 is 1.35 bits per heavy atom. The minimum atomic E-state index is -0.321. The van der Waals surface area contributed by atoms with Gasteiger partial charge in [0.15, 0.2) is 0 Å². The average Bonchev–Trinajstić information content (AvgIpc) is 2.38. The molecule has 0 spiro atoms.